The molecule has 0 aliphatic heterocycles. The molecule has 0 saturated heterocycles. The van der Waals surface area contributed by atoms with Crippen LogP contribution >= 0.6 is 0 Å². The maximum absolute atomic E-state index is 12.5. The average molecular weight is 292 g/mol. The van der Waals surface area contributed by atoms with Crippen LogP contribution in [0.5, 0.6) is 0 Å². The maximum atomic E-state index is 12.5. The van der Waals surface area contributed by atoms with Gasteiger partial charge in [-0.15, -0.1) is 0 Å². The lowest BCUT2D eigenvalue weighted by molar-refractivity contribution is -0.671. The summed E-state index contributed by atoms with van der Waals surface area (Å²) in [6.45, 7) is 0. The molecule has 0 amide bonds. The molecule has 0 radical (unpaired) electrons. The molecule has 0 atom stereocenters. The molecule has 3 rings (SSSR count). The minimum absolute atomic E-state index is 0.182. The zero-order valence-electron chi connectivity index (χ0n) is 13.0. The van der Waals surface area contributed by atoms with Gasteiger partial charge in [-0.1, -0.05) is 0 Å². The zero-order valence-corrected chi connectivity index (χ0v) is 13.0. The summed E-state index contributed by atoms with van der Waals surface area (Å²) in [5.41, 5.74) is 3.96. The Morgan fingerprint density at radius 1 is 0.773 bits per heavy atom. The monoisotopic (exact) mass is 292 g/mol. The third-order valence-electron chi connectivity index (χ3n) is 3.94. The Labute approximate surface area is 130 Å². The Morgan fingerprint density at radius 2 is 1.14 bits per heavy atom. The van der Waals surface area contributed by atoms with Crippen molar-refractivity contribution in [2.75, 3.05) is 0 Å². The van der Waals surface area contributed by atoms with Crippen molar-refractivity contribution >= 4 is 17.9 Å². The number of hydrogen-bond acceptors (Lipinski definition) is 1. The van der Waals surface area contributed by atoms with Gasteiger partial charge in [-0.25, -0.2) is 9.13 Å². The minimum atomic E-state index is 0.182. The highest BCUT2D eigenvalue weighted by molar-refractivity contribution is 6.15. The number of nitrogens with zero attached hydrogens (tertiary/aromatic N) is 2. The Bertz CT molecular complexity index is 688. The van der Waals surface area contributed by atoms with Crippen molar-refractivity contribution < 1.29 is 13.9 Å². The summed E-state index contributed by atoms with van der Waals surface area (Å²) in [6.07, 6.45) is 13.6. The topological polar surface area (TPSA) is 24.8 Å². The van der Waals surface area contributed by atoms with Crippen molar-refractivity contribution in [3.8, 4) is 0 Å². The summed E-state index contributed by atoms with van der Waals surface area (Å²) in [7, 11) is 3.97. The van der Waals surface area contributed by atoms with Crippen LogP contribution in [0.1, 0.15) is 24.0 Å². The molecule has 1 aliphatic carbocycles. The molecule has 2 aromatic heterocycles. The summed E-state index contributed by atoms with van der Waals surface area (Å²) in [5, 5.41) is 0. The second kappa shape index (κ2) is 6.06. The van der Waals surface area contributed by atoms with Gasteiger partial charge < -0.3 is 0 Å². The number of rotatable bonds is 2. The molecule has 0 bridgehead atoms. The normalized spacial score (nSPS) is 18.4. The number of ketones is 1. The van der Waals surface area contributed by atoms with Crippen molar-refractivity contribution in [3.05, 3.63) is 71.3 Å². The Balaban J connectivity index is 1.82. The highest BCUT2D eigenvalue weighted by Crippen LogP contribution is 2.29. The van der Waals surface area contributed by atoms with Crippen LogP contribution < -0.4 is 9.13 Å². The first-order valence-electron chi connectivity index (χ1n) is 7.48. The number of aromatic nitrogens is 2. The molecule has 3 nitrogen and oxygen atoms in total. The summed E-state index contributed by atoms with van der Waals surface area (Å²) in [5.74, 6) is 0.182. The van der Waals surface area contributed by atoms with E-state index in [0.717, 1.165) is 35.1 Å². The third kappa shape index (κ3) is 3.19. The Morgan fingerprint density at radius 3 is 1.50 bits per heavy atom. The van der Waals surface area contributed by atoms with Gasteiger partial charge in [0.05, 0.1) is 0 Å². The molecule has 2 heterocycles. The van der Waals surface area contributed by atoms with E-state index in [4.69, 9.17) is 0 Å². The van der Waals surface area contributed by atoms with Crippen LogP contribution in [-0.4, -0.2) is 5.78 Å². The lowest BCUT2D eigenvalue weighted by Crippen LogP contribution is -2.25. The SMILES string of the molecule is C[n+]1ccc(/C=C2\CC/C(=C\c3cc[n+](C)cc3)C2=O)cc1. The molecule has 22 heavy (non-hydrogen) atoms. The van der Waals surface area contributed by atoms with Crippen LogP contribution in [0.25, 0.3) is 12.2 Å². The highest BCUT2D eigenvalue weighted by Gasteiger charge is 2.23. The van der Waals surface area contributed by atoms with Crippen LogP contribution in [-0.2, 0) is 18.9 Å². The van der Waals surface area contributed by atoms with Crippen molar-refractivity contribution in [2.45, 2.75) is 12.8 Å². The molecule has 1 fully saturated rings. The average Bonchev–Trinajstić information content (AvgIpc) is 2.85. The fourth-order valence-electron chi connectivity index (χ4n) is 2.60. The number of aryl methyl sites for hydroxylation is 2. The standard InChI is InChI=1S/C19H20N2O/c1-20-9-5-15(6-10-20)13-17-3-4-18(19(17)22)14-16-7-11-21(2)12-8-16/h5-14H,3-4H2,1-2H3/q+2/b17-13+,18-14+. The van der Waals surface area contributed by atoms with Crippen molar-refractivity contribution in [2.24, 2.45) is 14.1 Å². The highest BCUT2D eigenvalue weighted by atomic mass is 16.1. The number of carbonyl (C=O) groups excluding carboxylic acids is 1. The molecule has 1 aliphatic rings. The van der Waals surface area contributed by atoms with E-state index < -0.39 is 0 Å². The second-order valence-corrected chi connectivity index (χ2v) is 5.76. The molecule has 0 N–H and O–H groups in total. The number of carbonyl (C=O) groups is 1. The molecule has 1 saturated carbocycles. The first kappa shape index (κ1) is 14.4. The number of Topliss-reactive ketones (excluding diaryl/α,β-unsaturated/α-hetero) is 1. The third-order valence-corrected chi connectivity index (χ3v) is 3.94. The van der Waals surface area contributed by atoms with E-state index in [1.54, 1.807) is 0 Å². The van der Waals surface area contributed by atoms with E-state index in [1.165, 1.54) is 0 Å². The van der Waals surface area contributed by atoms with E-state index in [9.17, 15) is 4.79 Å². The van der Waals surface area contributed by atoms with Gasteiger partial charge in [0.1, 0.15) is 14.1 Å². The first-order valence-corrected chi connectivity index (χ1v) is 7.48. The van der Waals surface area contributed by atoms with Gasteiger partial charge in [0.25, 0.3) is 0 Å². The fourth-order valence-corrected chi connectivity index (χ4v) is 2.60. The van der Waals surface area contributed by atoms with Gasteiger partial charge in [0.2, 0.25) is 0 Å². The molecule has 2 aromatic rings. The van der Waals surface area contributed by atoms with Gasteiger partial charge in [-0.3, -0.25) is 4.79 Å². The van der Waals surface area contributed by atoms with Gasteiger partial charge in [-0.05, 0) is 36.1 Å². The van der Waals surface area contributed by atoms with Gasteiger partial charge in [0.15, 0.2) is 30.6 Å². The molecular formula is C19H20N2O+2. The summed E-state index contributed by atoms with van der Waals surface area (Å²) < 4.78 is 3.97. The van der Waals surface area contributed by atoms with Gasteiger partial charge >= 0.3 is 0 Å². The molecule has 0 aromatic carbocycles. The smallest absolute Gasteiger partial charge is 0.185 e. The Kier molecular flexibility index (Phi) is 3.96. The fraction of sp³-hybridized carbons (Fsp3) is 0.211. The predicted molar refractivity (Wildman–Crippen MR) is 85.4 cm³/mol. The zero-order chi connectivity index (χ0) is 15.5. The van der Waals surface area contributed by atoms with Crippen LogP contribution in [0.3, 0.4) is 0 Å². The Hall–Kier alpha value is -2.55. The van der Waals surface area contributed by atoms with Gasteiger partial charge in [-0.2, -0.15) is 0 Å². The lowest BCUT2D eigenvalue weighted by Gasteiger charge is -1.97. The van der Waals surface area contributed by atoms with Crippen LogP contribution in [0.2, 0.25) is 0 Å². The summed E-state index contributed by atoms with van der Waals surface area (Å²) in [4.78, 5) is 12.5. The molecule has 110 valence electrons. The molecular weight excluding hydrogens is 272 g/mol. The van der Waals surface area contributed by atoms with E-state index in [0.29, 0.717) is 0 Å². The van der Waals surface area contributed by atoms with Crippen LogP contribution in [0, 0.1) is 0 Å². The maximum Gasteiger partial charge on any atom is 0.185 e. The second-order valence-electron chi connectivity index (χ2n) is 5.76. The van der Waals surface area contributed by atoms with E-state index >= 15 is 0 Å². The first-order chi connectivity index (χ1) is 10.6. The lowest BCUT2D eigenvalue weighted by atomic mass is 10.1. The van der Waals surface area contributed by atoms with Gasteiger partial charge in [0, 0.05) is 35.4 Å². The van der Waals surface area contributed by atoms with E-state index in [-0.39, 0.29) is 5.78 Å². The molecule has 0 unspecified atom stereocenters. The summed E-state index contributed by atoms with van der Waals surface area (Å²) >= 11 is 0. The molecule has 0 spiro atoms. The molecule has 3 heteroatoms. The van der Waals surface area contributed by atoms with Crippen LogP contribution in [0.15, 0.2) is 60.2 Å². The predicted octanol–water partition coefficient (Wildman–Crippen LogP) is 2.17. The minimum Gasteiger partial charge on any atom is -0.289 e. The van der Waals surface area contributed by atoms with E-state index in [2.05, 4.69) is 0 Å². The quantitative estimate of drug-likeness (QED) is 0.615. The van der Waals surface area contributed by atoms with Crippen LogP contribution in [0.4, 0.5) is 0 Å². The van der Waals surface area contributed by atoms with Crippen molar-refractivity contribution in [3.63, 3.8) is 0 Å². The largest absolute Gasteiger partial charge is 0.289 e. The van der Waals surface area contributed by atoms with Crippen molar-refractivity contribution in [1.29, 1.82) is 0 Å². The van der Waals surface area contributed by atoms with E-state index in [1.807, 2.05) is 84.4 Å². The number of hydrogen-bond donors (Lipinski definition) is 0. The number of allylic oxidation sites excluding steroid dienone is 2. The summed E-state index contributed by atoms with van der Waals surface area (Å²) in [6, 6.07) is 8.11. The number of pyridine rings is 2. The van der Waals surface area contributed by atoms with Crippen molar-refractivity contribution in [1.82, 2.24) is 0 Å².